The summed E-state index contributed by atoms with van der Waals surface area (Å²) in [5, 5.41) is 3.73. The zero-order chi connectivity index (χ0) is 14.9. The Morgan fingerprint density at radius 3 is 2.48 bits per heavy atom. The highest BCUT2D eigenvalue weighted by Gasteiger charge is 2.18. The van der Waals surface area contributed by atoms with E-state index in [-0.39, 0.29) is 0 Å². The predicted octanol–water partition coefficient (Wildman–Crippen LogP) is 2.37. The Kier molecular flexibility index (Phi) is 6.96. The lowest BCUT2D eigenvalue weighted by atomic mass is 10.0. The van der Waals surface area contributed by atoms with Crippen molar-refractivity contribution in [1.82, 2.24) is 15.2 Å². The monoisotopic (exact) mass is 290 g/mol. The van der Waals surface area contributed by atoms with Crippen molar-refractivity contribution in [3.8, 4) is 0 Å². The van der Waals surface area contributed by atoms with Crippen LogP contribution in [0.4, 0.5) is 5.69 Å². The first-order valence-corrected chi connectivity index (χ1v) is 8.44. The average molecular weight is 290 g/mol. The maximum Gasteiger partial charge on any atom is 0.0397 e. The molecule has 0 radical (unpaired) electrons. The van der Waals surface area contributed by atoms with Crippen LogP contribution in [0.15, 0.2) is 24.5 Å². The van der Waals surface area contributed by atoms with Gasteiger partial charge in [-0.3, -0.25) is 4.98 Å². The Morgan fingerprint density at radius 2 is 1.86 bits per heavy atom. The summed E-state index contributed by atoms with van der Waals surface area (Å²) in [6.07, 6.45) is 7.51. The van der Waals surface area contributed by atoms with Crippen molar-refractivity contribution < 1.29 is 0 Å². The van der Waals surface area contributed by atoms with Gasteiger partial charge in [-0.1, -0.05) is 13.8 Å². The molecule has 1 aliphatic rings. The maximum absolute atomic E-state index is 4.09. The Hall–Kier alpha value is -1.13. The maximum atomic E-state index is 4.09. The van der Waals surface area contributed by atoms with E-state index in [1.54, 1.807) is 0 Å². The summed E-state index contributed by atoms with van der Waals surface area (Å²) in [6.45, 7) is 11.5. The van der Waals surface area contributed by atoms with Crippen LogP contribution in [0.1, 0.15) is 33.1 Å². The second kappa shape index (κ2) is 9.00. The molecular weight excluding hydrogens is 260 g/mol. The molecule has 1 aliphatic heterocycles. The van der Waals surface area contributed by atoms with Crippen molar-refractivity contribution in [1.29, 1.82) is 0 Å². The minimum Gasteiger partial charge on any atom is -0.371 e. The normalized spacial score (nSPS) is 16.6. The number of hydrogen-bond donors (Lipinski definition) is 1. The predicted molar refractivity (Wildman–Crippen MR) is 89.9 cm³/mol. The van der Waals surface area contributed by atoms with Crippen LogP contribution >= 0.6 is 0 Å². The number of pyridine rings is 1. The van der Waals surface area contributed by atoms with Gasteiger partial charge >= 0.3 is 0 Å². The average Bonchev–Trinajstić information content (AvgIpc) is 2.56. The molecule has 4 heteroatoms. The van der Waals surface area contributed by atoms with Crippen LogP contribution in [0, 0.1) is 0 Å². The minimum atomic E-state index is 0.694. The van der Waals surface area contributed by atoms with Gasteiger partial charge in [0, 0.05) is 37.2 Å². The molecule has 0 aliphatic carbocycles. The fourth-order valence-corrected chi connectivity index (χ4v) is 3.05. The summed E-state index contributed by atoms with van der Waals surface area (Å²) in [7, 11) is 0. The van der Waals surface area contributed by atoms with Gasteiger partial charge in [-0.25, -0.2) is 0 Å². The summed E-state index contributed by atoms with van der Waals surface area (Å²) >= 11 is 0. The van der Waals surface area contributed by atoms with Crippen molar-refractivity contribution in [3.63, 3.8) is 0 Å². The molecule has 1 saturated heterocycles. The van der Waals surface area contributed by atoms with Crippen molar-refractivity contribution in [2.45, 2.75) is 39.2 Å². The minimum absolute atomic E-state index is 0.694. The lowest BCUT2D eigenvalue weighted by Crippen LogP contribution is -2.43. The number of piperidine rings is 1. The number of rotatable bonds is 8. The largest absolute Gasteiger partial charge is 0.371 e. The van der Waals surface area contributed by atoms with E-state index in [0.717, 1.165) is 19.6 Å². The van der Waals surface area contributed by atoms with Gasteiger partial charge in [0.1, 0.15) is 0 Å². The molecule has 0 aromatic carbocycles. The van der Waals surface area contributed by atoms with Crippen LogP contribution in [-0.2, 0) is 0 Å². The molecule has 0 unspecified atom stereocenters. The molecule has 0 bridgehead atoms. The first kappa shape index (κ1) is 16.2. The summed E-state index contributed by atoms with van der Waals surface area (Å²) in [6, 6.07) is 4.91. The molecular formula is C17H30N4. The van der Waals surface area contributed by atoms with Crippen molar-refractivity contribution >= 4 is 5.69 Å². The lowest BCUT2D eigenvalue weighted by molar-refractivity contribution is 0.293. The Labute approximate surface area is 129 Å². The van der Waals surface area contributed by atoms with E-state index < -0.39 is 0 Å². The fraction of sp³-hybridized carbons (Fsp3) is 0.706. The van der Waals surface area contributed by atoms with Crippen molar-refractivity contribution in [2.24, 2.45) is 0 Å². The summed E-state index contributed by atoms with van der Waals surface area (Å²) in [5.41, 5.74) is 1.31. The molecule has 4 nitrogen and oxygen atoms in total. The topological polar surface area (TPSA) is 31.4 Å². The van der Waals surface area contributed by atoms with E-state index in [4.69, 9.17) is 0 Å². The molecule has 0 spiro atoms. The van der Waals surface area contributed by atoms with E-state index in [1.165, 1.54) is 44.6 Å². The highest BCUT2D eigenvalue weighted by Crippen LogP contribution is 2.18. The van der Waals surface area contributed by atoms with Gasteiger partial charge in [0.15, 0.2) is 0 Å². The van der Waals surface area contributed by atoms with E-state index in [1.807, 2.05) is 12.4 Å². The smallest absolute Gasteiger partial charge is 0.0397 e. The number of nitrogens with one attached hydrogen (secondary N) is 1. The van der Waals surface area contributed by atoms with Gasteiger partial charge in [-0.15, -0.1) is 0 Å². The third-order valence-electron chi connectivity index (χ3n) is 4.50. The SMILES string of the molecule is CCN(CC)CCCNC1CCN(c2ccncc2)CC1. The Bertz CT molecular complexity index is 370. The molecule has 0 amide bonds. The highest BCUT2D eigenvalue weighted by atomic mass is 15.1. The zero-order valence-electron chi connectivity index (χ0n) is 13.6. The van der Waals surface area contributed by atoms with E-state index in [2.05, 4.69) is 46.1 Å². The Balaban J connectivity index is 1.61. The summed E-state index contributed by atoms with van der Waals surface area (Å²) < 4.78 is 0. The third-order valence-corrected chi connectivity index (χ3v) is 4.50. The van der Waals surface area contributed by atoms with Crippen molar-refractivity contribution in [3.05, 3.63) is 24.5 Å². The van der Waals surface area contributed by atoms with Crippen LogP contribution in [0.5, 0.6) is 0 Å². The quantitative estimate of drug-likeness (QED) is 0.745. The molecule has 1 fully saturated rings. The summed E-state index contributed by atoms with van der Waals surface area (Å²) in [4.78, 5) is 9.05. The van der Waals surface area contributed by atoms with E-state index in [9.17, 15) is 0 Å². The van der Waals surface area contributed by atoms with Crippen LogP contribution < -0.4 is 10.2 Å². The van der Waals surface area contributed by atoms with Gasteiger partial charge in [-0.2, -0.15) is 0 Å². The number of aromatic nitrogens is 1. The standard InChI is InChI=1S/C17H30N4/c1-3-20(4-2)13-5-10-19-16-8-14-21(15-9-16)17-6-11-18-12-7-17/h6-7,11-12,16,19H,3-5,8-10,13-15H2,1-2H3. The van der Waals surface area contributed by atoms with E-state index >= 15 is 0 Å². The van der Waals surface area contributed by atoms with Crippen LogP contribution in [0.25, 0.3) is 0 Å². The number of nitrogens with zero attached hydrogens (tertiary/aromatic N) is 3. The van der Waals surface area contributed by atoms with Gasteiger partial charge in [-0.05, 0) is 57.6 Å². The third kappa shape index (κ3) is 5.29. The highest BCUT2D eigenvalue weighted by molar-refractivity contribution is 5.44. The second-order valence-corrected chi connectivity index (χ2v) is 5.80. The second-order valence-electron chi connectivity index (χ2n) is 5.80. The van der Waals surface area contributed by atoms with Gasteiger partial charge in [0.2, 0.25) is 0 Å². The molecule has 1 aromatic heterocycles. The van der Waals surface area contributed by atoms with Crippen LogP contribution in [-0.4, -0.2) is 55.2 Å². The first-order chi connectivity index (χ1) is 10.3. The zero-order valence-corrected chi connectivity index (χ0v) is 13.6. The lowest BCUT2D eigenvalue weighted by Gasteiger charge is -2.34. The molecule has 1 N–H and O–H groups in total. The van der Waals surface area contributed by atoms with E-state index in [0.29, 0.717) is 6.04 Å². The Morgan fingerprint density at radius 1 is 1.19 bits per heavy atom. The van der Waals surface area contributed by atoms with Gasteiger partial charge < -0.3 is 15.1 Å². The van der Waals surface area contributed by atoms with Crippen LogP contribution in [0.3, 0.4) is 0 Å². The summed E-state index contributed by atoms with van der Waals surface area (Å²) in [5.74, 6) is 0. The van der Waals surface area contributed by atoms with Crippen molar-refractivity contribution in [2.75, 3.05) is 44.2 Å². The number of anilines is 1. The van der Waals surface area contributed by atoms with Crippen LogP contribution in [0.2, 0.25) is 0 Å². The molecule has 118 valence electrons. The molecule has 2 rings (SSSR count). The van der Waals surface area contributed by atoms with Gasteiger partial charge in [0.25, 0.3) is 0 Å². The molecule has 21 heavy (non-hydrogen) atoms. The fourth-order valence-electron chi connectivity index (χ4n) is 3.05. The number of hydrogen-bond acceptors (Lipinski definition) is 4. The molecule has 1 aromatic rings. The molecule has 0 saturated carbocycles. The van der Waals surface area contributed by atoms with Gasteiger partial charge in [0.05, 0.1) is 0 Å². The molecule has 2 heterocycles. The molecule has 0 atom stereocenters. The first-order valence-electron chi connectivity index (χ1n) is 8.44.